The Kier molecular flexibility index (Phi) is 11.3. The number of ether oxygens (including phenoxy) is 1. The summed E-state index contributed by atoms with van der Waals surface area (Å²) in [4.78, 5) is 47.2. The van der Waals surface area contributed by atoms with Gasteiger partial charge in [-0.2, -0.15) is 0 Å². The van der Waals surface area contributed by atoms with Crippen LogP contribution in [0.2, 0.25) is 0 Å². The number of rotatable bonds is 11. The number of para-hydroxylation sites is 1. The highest BCUT2D eigenvalue weighted by Crippen LogP contribution is 2.29. The first kappa shape index (κ1) is 35.0. The number of likely N-dealkylation sites (tertiary alicyclic amines) is 1. The van der Waals surface area contributed by atoms with Gasteiger partial charge >= 0.3 is 12.1 Å². The van der Waals surface area contributed by atoms with Crippen molar-refractivity contribution in [3.05, 3.63) is 137 Å². The summed E-state index contributed by atoms with van der Waals surface area (Å²) in [7, 11) is 0. The summed E-state index contributed by atoms with van der Waals surface area (Å²) < 4.78 is 5.55. The van der Waals surface area contributed by atoms with Crippen LogP contribution in [0.25, 0.3) is 0 Å². The number of alkyl carbamates (subject to hydrolysis) is 1. The van der Waals surface area contributed by atoms with E-state index in [4.69, 9.17) is 9.73 Å². The second kappa shape index (κ2) is 15.7. The van der Waals surface area contributed by atoms with Crippen molar-refractivity contribution in [3.8, 4) is 0 Å². The number of aliphatic carboxylic acids is 1. The number of carboxylic acids is 1. The number of hydrogen-bond acceptors (Lipinski definition) is 6. The Bertz CT molecular complexity index is 1790. The van der Waals surface area contributed by atoms with Crippen molar-refractivity contribution < 1.29 is 24.2 Å². The van der Waals surface area contributed by atoms with Crippen LogP contribution < -0.4 is 10.6 Å². The van der Waals surface area contributed by atoms with Crippen LogP contribution in [-0.2, 0) is 20.9 Å². The average molecular weight is 661 g/mol. The van der Waals surface area contributed by atoms with Crippen LogP contribution in [0.3, 0.4) is 0 Å². The molecule has 9 nitrogen and oxygen atoms in total. The molecule has 0 aromatic heterocycles. The minimum atomic E-state index is -1.45. The van der Waals surface area contributed by atoms with Gasteiger partial charge in [0.2, 0.25) is 5.91 Å². The highest BCUT2D eigenvalue weighted by Gasteiger charge is 2.35. The molecule has 1 heterocycles. The van der Waals surface area contributed by atoms with Crippen molar-refractivity contribution >= 4 is 29.4 Å². The summed E-state index contributed by atoms with van der Waals surface area (Å²) in [6, 6.07) is 31.1. The molecule has 2 amide bonds. The molecule has 49 heavy (non-hydrogen) atoms. The van der Waals surface area contributed by atoms with Gasteiger partial charge in [-0.05, 0) is 69.8 Å². The van der Waals surface area contributed by atoms with Crippen LogP contribution in [0, 0.1) is 6.92 Å². The van der Waals surface area contributed by atoms with E-state index in [-0.39, 0.29) is 11.9 Å². The zero-order valence-corrected chi connectivity index (χ0v) is 28.4. The van der Waals surface area contributed by atoms with Gasteiger partial charge in [-0.3, -0.25) is 14.7 Å². The van der Waals surface area contributed by atoms with E-state index in [0.29, 0.717) is 34.6 Å². The third kappa shape index (κ3) is 9.21. The fraction of sp³-hybridized carbons (Fsp3) is 0.300. The van der Waals surface area contributed by atoms with Gasteiger partial charge < -0.3 is 20.5 Å². The first-order valence-corrected chi connectivity index (χ1v) is 16.6. The Labute approximate surface area is 288 Å². The van der Waals surface area contributed by atoms with E-state index in [0.717, 1.165) is 30.5 Å². The van der Waals surface area contributed by atoms with Gasteiger partial charge in [0.25, 0.3) is 0 Å². The highest BCUT2D eigenvalue weighted by atomic mass is 16.6. The normalized spacial score (nSPS) is 16.4. The van der Waals surface area contributed by atoms with Crippen molar-refractivity contribution in [1.29, 1.82) is 0 Å². The smallest absolute Gasteiger partial charge is 0.408 e. The van der Waals surface area contributed by atoms with E-state index < -0.39 is 29.7 Å². The molecule has 0 bridgehead atoms. The quantitative estimate of drug-likeness (QED) is 0.147. The largest absolute Gasteiger partial charge is 0.480 e. The fourth-order valence-electron chi connectivity index (χ4n) is 6.15. The average Bonchev–Trinajstić information content (AvgIpc) is 3.53. The van der Waals surface area contributed by atoms with Crippen molar-refractivity contribution in [2.24, 2.45) is 4.99 Å². The van der Waals surface area contributed by atoms with Gasteiger partial charge in [0.15, 0.2) is 6.04 Å². The van der Waals surface area contributed by atoms with E-state index in [1.54, 1.807) is 39.0 Å². The van der Waals surface area contributed by atoms with Crippen molar-refractivity contribution in [1.82, 2.24) is 10.2 Å². The highest BCUT2D eigenvalue weighted by molar-refractivity contribution is 6.17. The van der Waals surface area contributed by atoms with Crippen molar-refractivity contribution in [3.63, 3.8) is 0 Å². The first-order chi connectivity index (χ1) is 23.5. The summed E-state index contributed by atoms with van der Waals surface area (Å²) in [6.45, 7) is 8.57. The van der Waals surface area contributed by atoms with Crippen molar-refractivity contribution in [2.75, 3.05) is 11.9 Å². The van der Waals surface area contributed by atoms with E-state index in [1.807, 2.05) is 85.8 Å². The molecule has 3 N–H and O–H groups in total. The molecular formula is C40H44N4O5. The summed E-state index contributed by atoms with van der Waals surface area (Å²) >= 11 is 0. The van der Waals surface area contributed by atoms with Gasteiger partial charge in [0.05, 0.1) is 23.5 Å². The zero-order valence-electron chi connectivity index (χ0n) is 28.4. The van der Waals surface area contributed by atoms with E-state index in [9.17, 15) is 19.5 Å². The molecular weight excluding hydrogens is 616 g/mol. The maximum Gasteiger partial charge on any atom is 0.408 e. The monoisotopic (exact) mass is 660 g/mol. The van der Waals surface area contributed by atoms with Gasteiger partial charge in [0, 0.05) is 17.7 Å². The Morgan fingerprint density at radius 3 is 2.20 bits per heavy atom. The molecule has 0 saturated carbocycles. The lowest BCUT2D eigenvalue weighted by Gasteiger charge is -2.28. The van der Waals surface area contributed by atoms with E-state index in [2.05, 4.69) is 27.7 Å². The Hall–Kier alpha value is -5.28. The van der Waals surface area contributed by atoms with Crippen LogP contribution in [-0.4, -0.2) is 57.9 Å². The molecule has 4 aromatic rings. The predicted octanol–water partition coefficient (Wildman–Crippen LogP) is 7.15. The SMILES string of the molecule is Cc1ccccc1[C@H](NC(=O)OC(C)(C)C)[C@@H](N=C(c1ccccc1)c1ccccc1NC(=O)[C@H]1CCCN1Cc1ccccc1)C(=O)O. The lowest BCUT2D eigenvalue weighted by Crippen LogP contribution is -2.42. The zero-order chi connectivity index (χ0) is 35.0. The Morgan fingerprint density at radius 1 is 0.898 bits per heavy atom. The number of carboxylic acid groups (broad SMARTS) is 1. The number of nitrogens with one attached hydrogen (secondary N) is 2. The van der Waals surface area contributed by atoms with Crippen LogP contribution in [0.1, 0.15) is 67.5 Å². The number of hydrogen-bond donors (Lipinski definition) is 3. The van der Waals surface area contributed by atoms with Crippen LogP contribution in [0.15, 0.2) is 114 Å². The second-order valence-corrected chi connectivity index (χ2v) is 13.3. The fourth-order valence-corrected chi connectivity index (χ4v) is 6.15. The summed E-state index contributed by atoms with van der Waals surface area (Å²) in [5.74, 6) is -1.37. The number of benzene rings is 4. The molecule has 0 spiro atoms. The number of nitrogens with zero attached hydrogens (tertiary/aromatic N) is 2. The van der Waals surface area contributed by atoms with Crippen LogP contribution in [0.4, 0.5) is 10.5 Å². The Balaban J connectivity index is 1.55. The van der Waals surface area contributed by atoms with Crippen LogP contribution in [0.5, 0.6) is 0 Å². The molecule has 3 atom stereocenters. The number of amides is 2. The van der Waals surface area contributed by atoms with Crippen molar-refractivity contribution in [2.45, 2.75) is 70.8 Å². The lowest BCUT2D eigenvalue weighted by atomic mass is 9.94. The molecule has 0 aliphatic carbocycles. The lowest BCUT2D eigenvalue weighted by molar-refractivity contribution is -0.139. The summed E-state index contributed by atoms with van der Waals surface area (Å²) in [5, 5.41) is 16.7. The molecule has 254 valence electrons. The first-order valence-electron chi connectivity index (χ1n) is 16.6. The van der Waals surface area contributed by atoms with Gasteiger partial charge in [-0.25, -0.2) is 9.59 Å². The van der Waals surface area contributed by atoms with Gasteiger partial charge in [-0.15, -0.1) is 0 Å². The maximum absolute atomic E-state index is 13.9. The molecule has 9 heteroatoms. The number of carbonyl (C=O) groups excluding carboxylic acids is 2. The van der Waals surface area contributed by atoms with Gasteiger partial charge in [0.1, 0.15) is 5.60 Å². The topological polar surface area (TPSA) is 120 Å². The third-order valence-corrected chi connectivity index (χ3v) is 8.41. The minimum absolute atomic E-state index is 0.132. The molecule has 1 aliphatic heterocycles. The van der Waals surface area contributed by atoms with E-state index >= 15 is 0 Å². The molecule has 5 rings (SSSR count). The molecule has 1 saturated heterocycles. The number of carbonyl (C=O) groups is 3. The number of anilines is 1. The van der Waals surface area contributed by atoms with Gasteiger partial charge in [-0.1, -0.05) is 103 Å². The number of aryl methyl sites for hydroxylation is 1. The summed E-state index contributed by atoms with van der Waals surface area (Å²) in [6.07, 6.45) is 0.887. The molecule has 1 fully saturated rings. The molecule has 4 aromatic carbocycles. The standard InChI is InChI=1S/C40H44N4O5/c1-27-16-11-12-21-30(27)35(43-39(48)49-40(2,3)4)36(38(46)47)42-34(29-19-9-6-10-20-29)31-22-13-14-23-32(31)41-37(45)33-24-15-25-44(33)26-28-17-7-5-8-18-28/h5-14,16-23,33,35-36H,15,24-26H2,1-4H3,(H,41,45)(H,43,48)(H,46,47)/t33-,35+,36-/m1/s1. The molecule has 0 unspecified atom stereocenters. The second-order valence-electron chi connectivity index (χ2n) is 13.3. The molecule has 1 aliphatic rings. The Morgan fingerprint density at radius 2 is 1.53 bits per heavy atom. The number of aliphatic imine (C=N–C) groups is 1. The van der Waals surface area contributed by atoms with Crippen LogP contribution >= 0.6 is 0 Å². The third-order valence-electron chi connectivity index (χ3n) is 8.41. The van der Waals surface area contributed by atoms with E-state index in [1.165, 1.54) is 0 Å². The molecule has 0 radical (unpaired) electrons. The predicted molar refractivity (Wildman–Crippen MR) is 192 cm³/mol. The minimum Gasteiger partial charge on any atom is -0.480 e. The summed E-state index contributed by atoms with van der Waals surface area (Å²) in [5.41, 5.74) is 3.81. The maximum atomic E-state index is 13.9.